The molecule has 0 saturated carbocycles. The summed E-state index contributed by atoms with van der Waals surface area (Å²) in [5, 5.41) is 10.7. The van der Waals surface area contributed by atoms with Crippen molar-refractivity contribution < 1.29 is 0 Å². The van der Waals surface area contributed by atoms with Crippen molar-refractivity contribution in [3.8, 4) is 0 Å². The smallest absolute Gasteiger partial charge is 0.273 e. The molecule has 19 heavy (non-hydrogen) atoms. The molecule has 0 bridgehead atoms. The number of H-pyrrole nitrogens is 1. The van der Waals surface area contributed by atoms with Crippen LogP contribution < -0.4 is 10.9 Å². The third-order valence-corrected chi connectivity index (χ3v) is 2.85. The van der Waals surface area contributed by atoms with E-state index >= 15 is 0 Å². The molecule has 0 aliphatic carbocycles. The number of aromatic amines is 1. The second-order valence-electron chi connectivity index (χ2n) is 4.26. The zero-order valence-corrected chi connectivity index (χ0v) is 11.2. The van der Waals surface area contributed by atoms with Crippen LogP contribution in [0.5, 0.6) is 0 Å². The van der Waals surface area contributed by atoms with Crippen molar-refractivity contribution in [2.45, 2.75) is 33.2 Å². The third kappa shape index (κ3) is 3.40. The zero-order chi connectivity index (χ0) is 13.7. The van der Waals surface area contributed by atoms with Gasteiger partial charge in [0, 0.05) is 31.9 Å². The first-order valence-electron chi connectivity index (χ1n) is 6.38. The van der Waals surface area contributed by atoms with Crippen LogP contribution in [0.3, 0.4) is 0 Å². The summed E-state index contributed by atoms with van der Waals surface area (Å²) in [7, 11) is 0. The van der Waals surface area contributed by atoms with Crippen LogP contribution in [0.25, 0.3) is 0 Å². The van der Waals surface area contributed by atoms with Crippen molar-refractivity contribution >= 4 is 5.95 Å². The number of hydrogen-bond donors (Lipinski definition) is 2. The Balaban J connectivity index is 1.81. The van der Waals surface area contributed by atoms with E-state index in [0.29, 0.717) is 11.6 Å². The van der Waals surface area contributed by atoms with Crippen LogP contribution in [-0.2, 0) is 13.0 Å². The minimum absolute atomic E-state index is 0.208. The van der Waals surface area contributed by atoms with Crippen molar-refractivity contribution in [2.75, 3.05) is 11.9 Å². The molecule has 102 valence electrons. The lowest BCUT2D eigenvalue weighted by Gasteiger charge is -2.07. The Bertz CT molecular complexity index is 588. The fraction of sp³-hybridized carbons (Fsp3) is 0.500. The molecule has 2 heterocycles. The van der Waals surface area contributed by atoms with Gasteiger partial charge in [0.15, 0.2) is 0 Å². The maximum atomic E-state index is 11.3. The highest BCUT2D eigenvalue weighted by atomic mass is 16.1. The van der Waals surface area contributed by atoms with Crippen LogP contribution in [0, 0.1) is 6.92 Å². The molecule has 0 amide bonds. The number of aromatic nitrogens is 5. The Morgan fingerprint density at radius 2 is 2.26 bits per heavy atom. The highest BCUT2D eigenvalue weighted by Crippen LogP contribution is 2.00. The second-order valence-corrected chi connectivity index (χ2v) is 4.26. The number of nitrogens with zero attached hydrogens (tertiary/aromatic N) is 4. The van der Waals surface area contributed by atoms with Crippen LogP contribution >= 0.6 is 0 Å². The van der Waals surface area contributed by atoms with Gasteiger partial charge in [-0.25, -0.2) is 4.98 Å². The van der Waals surface area contributed by atoms with E-state index in [2.05, 4.69) is 37.0 Å². The lowest BCUT2D eigenvalue weighted by Crippen LogP contribution is -2.18. The van der Waals surface area contributed by atoms with Gasteiger partial charge in [0.05, 0.1) is 0 Å². The van der Waals surface area contributed by atoms with Gasteiger partial charge in [0.1, 0.15) is 11.5 Å². The minimum Gasteiger partial charge on any atom is -0.354 e. The Labute approximate surface area is 111 Å². The van der Waals surface area contributed by atoms with E-state index in [1.165, 1.54) is 0 Å². The normalized spacial score (nSPS) is 10.6. The summed E-state index contributed by atoms with van der Waals surface area (Å²) in [6.07, 6.45) is 5.64. The van der Waals surface area contributed by atoms with E-state index in [4.69, 9.17) is 0 Å². The van der Waals surface area contributed by atoms with Crippen LogP contribution in [-0.4, -0.2) is 31.3 Å². The lowest BCUT2D eigenvalue weighted by molar-refractivity contribution is 0.627. The molecule has 0 saturated heterocycles. The van der Waals surface area contributed by atoms with Gasteiger partial charge in [-0.15, -0.1) is 10.2 Å². The van der Waals surface area contributed by atoms with Crippen molar-refractivity contribution in [1.82, 2.24) is 24.7 Å². The first-order chi connectivity index (χ1) is 9.20. The molecule has 0 atom stereocenters. The van der Waals surface area contributed by atoms with Gasteiger partial charge in [-0.3, -0.25) is 9.78 Å². The number of hydrogen-bond acceptors (Lipinski definition) is 5. The minimum atomic E-state index is -0.208. The number of anilines is 1. The van der Waals surface area contributed by atoms with E-state index in [9.17, 15) is 4.79 Å². The summed E-state index contributed by atoms with van der Waals surface area (Å²) in [6, 6.07) is 0. The SMILES string of the molecule is CCc1nccn1CCCNc1nnc(C)c(=O)[nH]1. The average molecular weight is 262 g/mol. The van der Waals surface area contributed by atoms with Crippen molar-refractivity contribution in [3.63, 3.8) is 0 Å². The van der Waals surface area contributed by atoms with Gasteiger partial charge in [-0.05, 0) is 13.3 Å². The number of aryl methyl sites for hydroxylation is 3. The van der Waals surface area contributed by atoms with Crippen LogP contribution in [0.15, 0.2) is 17.2 Å². The predicted octanol–water partition coefficient (Wildman–Crippen LogP) is 0.734. The van der Waals surface area contributed by atoms with Gasteiger partial charge in [0.2, 0.25) is 5.95 Å². The molecule has 7 heteroatoms. The van der Waals surface area contributed by atoms with Crippen molar-refractivity contribution in [3.05, 3.63) is 34.3 Å². The molecular formula is C12H18N6O. The Morgan fingerprint density at radius 1 is 1.42 bits per heavy atom. The molecule has 2 aromatic heterocycles. The molecule has 2 aromatic rings. The third-order valence-electron chi connectivity index (χ3n) is 2.85. The summed E-state index contributed by atoms with van der Waals surface area (Å²) >= 11 is 0. The molecular weight excluding hydrogens is 244 g/mol. The maximum Gasteiger partial charge on any atom is 0.273 e. The van der Waals surface area contributed by atoms with Crippen LogP contribution in [0.4, 0.5) is 5.95 Å². The van der Waals surface area contributed by atoms with E-state index in [0.717, 1.165) is 31.8 Å². The van der Waals surface area contributed by atoms with E-state index < -0.39 is 0 Å². The average Bonchev–Trinajstić information content (AvgIpc) is 2.86. The summed E-state index contributed by atoms with van der Waals surface area (Å²) in [5.41, 5.74) is 0.164. The highest BCUT2D eigenvalue weighted by Gasteiger charge is 2.01. The van der Waals surface area contributed by atoms with Crippen molar-refractivity contribution in [1.29, 1.82) is 0 Å². The maximum absolute atomic E-state index is 11.3. The monoisotopic (exact) mass is 262 g/mol. The van der Waals surface area contributed by atoms with Crippen molar-refractivity contribution in [2.24, 2.45) is 0 Å². The molecule has 0 spiro atoms. The predicted molar refractivity (Wildman–Crippen MR) is 72.1 cm³/mol. The molecule has 2 N–H and O–H groups in total. The number of rotatable bonds is 6. The summed E-state index contributed by atoms with van der Waals surface area (Å²) in [4.78, 5) is 18.2. The molecule has 0 fully saturated rings. The molecule has 7 nitrogen and oxygen atoms in total. The molecule has 2 rings (SSSR count). The van der Waals surface area contributed by atoms with Gasteiger partial charge >= 0.3 is 0 Å². The fourth-order valence-electron chi connectivity index (χ4n) is 1.79. The Hall–Kier alpha value is -2.18. The van der Waals surface area contributed by atoms with Crippen LogP contribution in [0.1, 0.15) is 24.9 Å². The van der Waals surface area contributed by atoms with Crippen LogP contribution in [0.2, 0.25) is 0 Å². The number of nitrogens with one attached hydrogen (secondary N) is 2. The molecule has 0 aliphatic heterocycles. The Morgan fingerprint density at radius 3 is 3.00 bits per heavy atom. The molecule has 0 unspecified atom stereocenters. The van der Waals surface area contributed by atoms with Gasteiger partial charge in [-0.1, -0.05) is 6.92 Å². The standard InChI is InChI=1S/C12H18N6O/c1-3-10-13-6-8-18(10)7-4-5-14-12-15-11(19)9(2)16-17-12/h6,8H,3-5,7H2,1-2H3,(H2,14,15,17,19). The fourth-order valence-corrected chi connectivity index (χ4v) is 1.79. The Kier molecular flexibility index (Phi) is 4.27. The van der Waals surface area contributed by atoms with Gasteiger partial charge in [0.25, 0.3) is 5.56 Å². The topological polar surface area (TPSA) is 88.5 Å². The molecule has 0 aromatic carbocycles. The van der Waals surface area contributed by atoms with Gasteiger partial charge < -0.3 is 9.88 Å². The van der Waals surface area contributed by atoms with E-state index in [1.54, 1.807) is 6.92 Å². The summed E-state index contributed by atoms with van der Waals surface area (Å²) in [6.45, 7) is 5.32. The zero-order valence-electron chi connectivity index (χ0n) is 11.2. The first kappa shape index (κ1) is 13.3. The first-order valence-corrected chi connectivity index (χ1v) is 6.38. The largest absolute Gasteiger partial charge is 0.354 e. The molecule has 0 aliphatic rings. The van der Waals surface area contributed by atoms with E-state index in [-0.39, 0.29) is 5.56 Å². The second kappa shape index (κ2) is 6.12. The van der Waals surface area contributed by atoms with Gasteiger partial charge in [-0.2, -0.15) is 0 Å². The molecule has 0 radical (unpaired) electrons. The lowest BCUT2D eigenvalue weighted by atomic mass is 10.4. The summed E-state index contributed by atoms with van der Waals surface area (Å²) in [5.74, 6) is 1.50. The number of imidazole rings is 1. The summed E-state index contributed by atoms with van der Waals surface area (Å²) < 4.78 is 2.13. The highest BCUT2D eigenvalue weighted by molar-refractivity contribution is 5.20. The van der Waals surface area contributed by atoms with E-state index in [1.807, 2.05) is 12.4 Å². The quantitative estimate of drug-likeness (QED) is 0.749.